The summed E-state index contributed by atoms with van der Waals surface area (Å²) >= 11 is 3.30. The lowest BCUT2D eigenvalue weighted by atomic mass is 10.3. The average molecular weight is 375 g/mol. The fourth-order valence-electron chi connectivity index (χ4n) is 1.87. The van der Waals surface area contributed by atoms with E-state index in [9.17, 15) is 8.42 Å². The number of nitrogens with one attached hydrogen (secondary N) is 2. The third kappa shape index (κ3) is 3.20. The number of hydrogen-bond acceptors (Lipinski definition) is 5. The van der Waals surface area contributed by atoms with Crippen LogP contribution in [0.4, 0.5) is 5.69 Å². The molecular weight excluding hydrogens is 360 g/mol. The molecule has 0 spiro atoms. The molecule has 2 rings (SSSR count). The Labute approximate surface area is 131 Å². The zero-order chi connectivity index (χ0) is 15.6. The number of halogens is 1. The van der Waals surface area contributed by atoms with Crippen LogP contribution in [0.5, 0.6) is 5.75 Å². The second-order valence-electron chi connectivity index (χ2n) is 4.28. The van der Waals surface area contributed by atoms with Crippen molar-refractivity contribution in [2.24, 2.45) is 5.73 Å². The van der Waals surface area contributed by atoms with Crippen LogP contribution in [0, 0.1) is 6.92 Å². The van der Waals surface area contributed by atoms with Crippen molar-refractivity contribution >= 4 is 31.6 Å². The van der Waals surface area contributed by atoms with E-state index in [0.717, 1.165) is 0 Å². The van der Waals surface area contributed by atoms with Gasteiger partial charge < -0.3 is 10.5 Å². The predicted octanol–water partition coefficient (Wildman–Crippen LogP) is 1.75. The smallest absolute Gasteiger partial charge is 0.265 e. The highest BCUT2D eigenvalue weighted by Gasteiger charge is 2.24. The van der Waals surface area contributed by atoms with Gasteiger partial charge in [0.05, 0.1) is 24.2 Å². The number of benzene rings is 1. The highest BCUT2D eigenvalue weighted by Crippen LogP contribution is 2.30. The van der Waals surface area contributed by atoms with Crippen LogP contribution in [0.25, 0.3) is 0 Å². The number of methoxy groups -OCH3 is 1. The van der Waals surface area contributed by atoms with E-state index in [1.165, 1.54) is 7.11 Å². The van der Waals surface area contributed by atoms with Crippen LogP contribution in [0.2, 0.25) is 0 Å². The quantitative estimate of drug-likeness (QED) is 0.738. The number of anilines is 1. The van der Waals surface area contributed by atoms with Gasteiger partial charge in [0.1, 0.15) is 10.6 Å². The molecule has 0 aliphatic carbocycles. The normalized spacial score (nSPS) is 11.4. The summed E-state index contributed by atoms with van der Waals surface area (Å²) in [6, 6.07) is 5.00. The molecule has 0 bridgehead atoms. The van der Waals surface area contributed by atoms with Gasteiger partial charge in [0.15, 0.2) is 0 Å². The number of nitrogens with zero attached hydrogens (tertiary/aromatic N) is 1. The van der Waals surface area contributed by atoms with E-state index in [0.29, 0.717) is 27.3 Å². The Morgan fingerprint density at radius 1 is 1.48 bits per heavy atom. The minimum absolute atomic E-state index is 0.0276. The minimum atomic E-state index is -3.80. The lowest BCUT2D eigenvalue weighted by Crippen LogP contribution is -2.16. The number of H-pyrrole nitrogens is 1. The Kier molecular flexibility index (Phi) is 4.55. The van der Waals surface area contributed by atoms with E-state index < -0.39 is 10.0 Å². The summed E-state index contributed by atoms with van der Waals surface area (Å²) in [5, 5.41) is 6.52. The van der Waals surface area contributed by atoms with Gasteiger partial charge in [0.25, 0.3) is 10.0 Å². The summed E-state index contributed by atoms with van der Waals surface area (Å²) in [4.78, 5) is 0.0692. The van der Waals surface area contributed by atoms with Gasteiger partial charge in [-0.15, -0.1) is 0 Å². The monoisotopic (exact) mass is 374 g/mol. The minimum Gasteiger partial charge on any atom is -0.497 e. The molecule has 114 valence electrons. The van der Waals surface area contributed by atoms with Gasteiger partial charge in [-0.25, -0.2) is 8.42 Å². The van der Waals surface area contributed by atoms with Crippen molar-refractivity contribution in [3.8, 4) is 5.75 Å². The molecule has 9 heteroatoms. The maximum Gasteiger partial charge on any atom is 0.265 e. The Morgan fingerprint density at radius 2 is 2.19 bits per heavy atom. The summed E-state index contributed by atoms with van der Waals surface area (Å²) in [5.74, 6) is 0.541. The highest BCUT2D eigenvalue weighted by molar-refractivity contribution is 9.10. The van der Waals surface area contributed by atoms with Crippen LogP contribution in [0.1, 0.15) is 11.4 Å². The molecule has 1 aromatic carbocycles. The van der Waals surface area contributed by atoms with Crippen LogP contribution in [-0.2, 0) is 16.6 Å². The summed E-state index contributed by atoms with van der Waals surface area (Å²) < 4.78 is 33.3. The fourth-order valence-corrected chi connectivity index (χ4v) is 3.80. The largest absolute Gasteiger partial charge is 0.497 e. The standard InChI is InChI=1S/C12H15BrN4O3S/c1-7-12(11(6-14)16-15-7)21(18,19)17-10-5-8(20-2)3-4-9(10)13/h3-5,17H,6,14H2,1-2H3,(H,15,16). The molecule has 21 heavy (non-hydrogen) atoms. The van der Waals surface area contributed by atoms with Gasteiger partial charge in [-0.05, 0) is 35.0 Å². The molecule has 0 aliphatic heterocycles. The highest BCUT2D eigenvalue weighted by atomic mass is 79.9. The van der Waals surface area contributed by atoms with Gasteiger partial charge in [-0.3, -0.25) is 9.82 Å². The van der Waals surface area contributed by atoms with Crippen LogP contribution < -0.4 is 15.2 Å². The van der Waals surface area contributed by atoms with Gasteiger partial charge in [-0.2, -0.15) is 5.10 Å². The van der Waals surface area contributed by atoms with E-state index in [2.05, 4.69) is 30.8 Å². The number of rotatable bonds is 5. The van der Waals surface area contributed by atoms with E-state index in [1.54, 1.807) is 25.1 Å². The number of aromatic amines is 1. The van der Waals surface area contributed by atoms with Crippen LogP contribution in [0.15, 0.2) is 27.6 Å². The van der Waals surface area contributed by atoms with Crippen molar-refractivity contribution in [1.82, 2.24) is 10.2 Å². The number of aryl methyl sites for hydroxylation is 1. The third-order valence-electron chi connectivity index (χ3n) is 2.84. The summed E-state index contributed by atoms with van der Waals surface area (Å²) in [6.07, 6.45) is 0. The van der Waals surface area contributed by atoms with Crippen molar-refractivity contribution in [3.63, 3.8) is 0 Å². The lowest BCUT2D eigenvalue weighted by molar-refractivity contribution is 0.415. The van der Waals surface area contributed by atoms with E-state index >= 15 is 0 Å². The molecule has 0 saturated carbocycles. The molecule has 0 unspecified atom stereocenters. The molecular formula is C12H15BrN4O3S. The SMILES string of the molecule is COc1ccc(Br)c(NS(=O)(=O)c2c(CN)n[nH]c2C)c1. The molecule has 0 fully saturated rings. The number of hydrogen-bond donors (Lipinski definition) is 3. The summed E-state index contributed by atoms with van der Waals surface area (Å²) in [6.45, 7) is 1.65. The average Bonchev–Trinajstić information content (AvgIpc) is 2.83. The van der Waals surface area contributed by atoms with Crippen LogP contribution >= 0.6 is 15.9 Å². The van der Waals surface area contributed by atoms with E-state index in [1.807, 2.05) is 0 Å². The van der Waals surface area contributed by atoms with Crippen molar-refractivity contribution in [3.05, 3.63) is 34.1 Å². The molecule has 1 aromatic heterocycles. The second-order valence-corrected chi connectivity index (χ2v) is 6.75. The summed E-state index contributed by atoms with van der Waals surface area (Å²) in [5.41, 5.74) is 6.62. The van der Waals surface area contributed by atoms with Crippen LogP contribution in [-0.4, -0.2) is 25.7 Å². The molecule has 1 heterocycles. The maximum atomic E-state index is 12.5. The number of sulfonamides is 1. The fraction of sp³-hybridized carbons (Fsp3) is 0.250. The first-order valence-corrected chi connectivity index (χ1v) is 8.27. The van der Waals surface area contributed by atoms with Gasteiger partial charge >= 0.3 is 0 Å². The van der Waals surface area contributed by atoms with E-state index in [-0.39, 0.29) is 11.4 Å². The predicted molar refractivity (Wildman–Crippen MR) is 82.7 cm³/mol. The zero-order valence-electron chi connectivity index (χ0n) is 11.5. The van der Waals surface area contributed by atoms with Gasteiger partial charge in [-0.1, -0.05) is 0 Å². The van der Waals surface area contributed by atoms with Crippen molar-refractivity contribution < 1.29 is 13.2 Å². The number of nitrogens with two attached hydrogens (primary N) is 1. The lowest BCUT2D eigenvalue weighted by Gasteiger charge is -2.11. The van der Waals surface area contributed by atoms with Crippen molar-refractivity contribution in [2.75, 3.05) is 11.8 Å². The molecule has 2 aromatic rings. The van der Waals surface area contributed by atoms with Crippen molar-refractivity contribution in [1.29, 1.82) is 0 Å². The van der Waals surface area contributed by atoms with Crippen LogP contribution in [0.3, 0.4) is 0 Å². The molecule has 4 N–H and O–H groups in total. The first-order valence-electron chi connectivity index (χ1n) is 5.99. The summed E-state index contributed by atoms with van der Waals surface area (Å²) in [7, 11) is -2.29. The number of ether oxygens (including phenoxy) is 1. The van der Waals surface area contributed by atoms with Crippen molar-refractivity contribution in [2.45, 2.75) is 18.4 Å². The molecule has 7 nitrogen and oxygen atoms in total. The molecule has 0 amide bonds. The van der Waals surface area contributed by atoms with Gasteiger partial charge in [0, 0.05) is 17.1 Å². The van der Waals surface area contributed by atoms with E-state index in [4.69, 9.17) is 10.5 Å². The Balaban J connectivity index is 2.44. The first-order chi connectivity index (χ1) is 9.89. The van der Waals surface area contributed by atoms with Gasteiger partial charge in [0.2, 0.25) is 0 Å². The Morgan fingerprint density at radius 3 is 2.81 bits per heavy atom. The Bertz CT molecular complexity index is 758. The maximum absolute atomic E-state index is 12.5. The zero-order valence-corrected chi connectivity index (χ0v) is 13.9. The third-order valence-corrected chi connectivity index (χ3v) is 5.10. The topological polar surface area (TPSA) is 110 Å². The Hall–Kier alpha value is -1.58. The first kappa shape index (κ1) is 15.8. The molecule has 0 saturated heterocycles. The molecule has 0 aliphatic rings. The second kappa shape index (κ2) is 6.04. The molecule has 0 atom stereocenters. The molecule has 0 radical (unpaired) electrons. The number of aromatic nitrogens is 2.